The summed E-state index contributed by atoms with van der Waals surface area (Å²) in [7, 11) is 0. The number of hydrogen-bond donors (Lipinski definition) is 0. The van der Waals surface area contributed by atoms with Gasteiger partial charge >= 0.3 is 29.5 Å². The van der Waals surface area contributed by atoms with E-state index in [9.17, 15) is 14.4 Å². The van der Waals surface area contributed by atoms with Gasteiger partial charge in [-0.3, -0.25) is 14.4 Å². The minimum absolute atomic E-state index is 0. The fraction of sp³-hybridized carbons (Fsp3) is 0.538. The normalized spacial score (nSPS) is 17.2. The first-order valence-corrected chi connectivity index (χ1v) is 29.0. The molecule has 0 saturated heterocycles. The van der Waals surface area contributed by atoms with Crippen LogP contribution in [0.25, 0.3) is 0 Å². The molecule has 0 amide bonds. The number of esters is 3. The number of fused-ring (bicyclic) bond motifs is 4. The van der Waals surface area contributed by atoms with E-state index in [-0.39, 0.29) is 73.5 Å². The van der Waals surface area contributed by atoms with E-state index in [2.05, 4.69) is 173 Å². The van der Waals surface area contributed by atoms with Crippen LogP contribution in [0.3, 0.4) is 0 Å². The maximum atomic E-state index is 11.6. The molecule has 0 N–H and O–H groups in total. The highest BCUT2D eigenvalue weighted by atomic mass is 79.9. The molecule has 5 aliphatic rings. The summed E-state index contributed by atoms with van der Waals surface area (Å²) < 4.78 is 19.5. The van der Waals surface area contributed by atoms with Gasteiger partial charge in [-0.05, 0) is 172 Å². The third kappa shape index (κ3) is 17.2. The molecule has 0 aromatic carbocycles. The number of carbonyl (C=O) groups excluding carboxylic acids is 3. The number of aryl methyl sites for hydroxylation is 2. The van der Waals surface area contributed by atoms with Gasteiger partial charge in [-0.2, -0.15) is 0 Å². The summed E-state index contributed by atoms with van der Waals surface area (Å²) in [5, 5.41) is 0. The van der Waals surface area contributed by atoms with Crippen molar-refractivity contribution in [2.75, 3.05) is 26.4 Å². The van der Waals surface area contributed by atoms with E-state index in [0.29, 0.717) is 39.1 Å². The van der Waals surface area contributed by atoms with Crippen molar-refractivity contribution in [2.24, 2.45) is 25.4 Å². The number of rotatable bonds is 23. The van der Waals surface area contributed by atoms with Crippen LogP contribution in [0.15, 0.2) is 123 Å². The number of nitrogens with zero attached hydrogens (tertiary/aromatic N) is 8. The predicted octanol–water partition coefficient (Wildman–Crippen LogP) is 7.17. The van der Waals surface area contributed by atoms with Crippen molar-refractivity contribution < 1.29 is 71.7 Å². The van der Waals surface area contributed by atoms with Crippen LogP contribution < -0.4 is 43.1 Å². The van der Waals surface area contributed by atoms with Crippen molar-refractivity contribution in [3.63, 3.8) is 0 Å². The highest BCUT2D eigenvalue weighted by Crippen LogP contribution is 2.45. The van der Waals surface area contributed by atoms with E-state index >= 15 is 0 Å². The minimum Gasteiger partial charge on any atom is -1.00 e. The molecule has 5 aliphatic heterocycles. The largest absolute Gasteiger partial charge is 1.00 e. The Bertz CT molecular complexity index is 2930. The summed E-state index contributed by atoms with van der Waals surface area (Å²) in [4.78, 5) is 60.4. The lowest BCUT2D eigenvalue weighted by molar-refractivity contribution is -0.685. The first kappa shape index (κ1) is 67.8. The molecule has 3 aromatic heterocycles. The lowest BCUT2D eigenvalue weighted by atomic mass is 9.81. The molecule has 0 unspecified atom stereocenters. The topological polar surface area (TPSA) is 152 Å². The SMILES string of the molecule is CC1=Nc2ncccc2C1(C)C.CCOC(=O)CCCCCN1C=CC=C2C1=N/C(=C\C=C\C1=Nc3c(ccc[n+]3CCCCCC(=O)OCC)C1(C)C)C2(C)C.CCOC(=O)CCCCC[n+]1cccc2c1N=C(C)C2(C)C.[Br-].[Br-]. The number of aromatic nitrogens is 3. The zero-order valence-electron chi connectivity index (χ0n) is 50.7. The Morgan fingerprint density at radius 3 is 1.62 bits per heavy atom. The van der Waals surface area contributed by atoms with Gasteiger partial charge in [0.1, 0.15) is 11.5 Å². The molecule has 440 valence electrons. The number of unbranched alkanes of at least 4 members (excludes halogenated alkanes) is 6. The van der Waals surface area contributed by atoms with Gasteiger partial charge in [0.25, 0.3) is 0 Å². The molecule has 0 radical (unpaired) electrons. The van der Waals surface area contributed by atoms with E-state index < -0.39 is 0 Å². The van der Waals surface area contributed by atoms with Gasteiger partial charge in [-0.25, -0.2) is 24.1 Å². The molecule has 16 heteroatoms. The molecule has 0 atom stereocenters. The summed E-state index contributed by atoms with van der Waals surface area (Å²) in [6.07, 6.45) is 28.8. The lowest BCUT2D eigenvalue weighted by Gasteiger charge is -2.28. The average molecular weight is 1240 g/mol. The Morgan fingerprint density at radius 2 is 1.07 bits per heavy atom. The van der Waals surface area contributed by atoms with Crippen LogP contribution in [-0.2, 0) is 57.9 Å². The van der Waals surface area contributed by atoms with Crippen LogP contribution in [0.5, 0.6) is 0 Å². The Balaban J connectivity index is 0.000000321. The standard InChI is InChI=1S/C37H51N4O4.C18H27N2O2.C10H12N2.2BrH/c1-7-44-32(42)22-11-9-13-24-40-26-16-18-28-34(40)38-30(36(28,3)4)20-15-21-31-37(5,6)29-19-17-27-41(35(29)39-31)25-14-10-12-23-33(43)45-8-2;1-5-22-16(21)11-7-6-8-12-20-13-9-10-15-17(20)19-14(2)18(15,3)4;1-7-10(2,3)8-5-4-6-11-9(8)12-7;;/h15-21,26-27H,7-14,22-25H2,1-6H3;9-10,13H,5-8,11-12H2,1-4H3;4-6H,1-3H3;2*1H/q2*+1;;;/p-2. The molecule has 0 bridgehead atoms. The molecule has 0 aliphatic carbocycles. The zero-order chi connectivity index (χ0) is 57.4. The van der Waals surface area contributed by atoms with Crippen LogP contribution in [0.1, 0.15) is 184 Å². The molecule has 0 spiro atoms. The van der Waals surface area contributed by atoms with Crippen LogP contribution in [0, 0.1) is 5.41 Å². The maximum absolute atomic E-state index is 11.6. The molecule has 0 saturated carbocycles. The fourth-order valence-corrected chi connectivity index (χ4v) is 10.4. The monoisotopic (exact) mass is 1240 g/mol. The molecule has 14 nitrogen and oxygen atoms in total. The smallest absolute Gasteiger partial charge is 0.327 e. The van der Waals surface area contributed by atoms with E-state index in [0.717, 1.165) is 118 Å². The number of pyridine rings is 3. The molecule has 3 aromatic rings. The number of allylic oxidation sites excluding steroid dienone is 6. The second-order valence-electron chi connectivity index (χ2n) is 23.0. The van der Waals surface area contributed by atoms with Crippen LogP contribution in [-0.4, -0.2) is 77.1 Å². The highest BCUT2D eigenvalue weighted by molar-refractivity contribution is 6.08. The van der Waals surface area contributed by atoms with Crippen LogP contribution >= 0.6 is 0 Å². The summed E-state index contributed by atoms with van der Waals surface area (Å²) in [5.41, 5.74) is 9.06. The fourth-order valence-electron chi connectivity index (χ4n) is 10.4. The van der Waals surface area contributed by atoms with Gasteiger partial charge in [-0.15, -0.1) is 0 Å². The quantitative estimate of drug-likeness (QED) is 0.0420. The summed E-state index contributed by atoms with van der Waals surface area (Å²) >= 11 is 0. The van der Waals surface area contributed by atoms with Gasteiger partial charge in [0.15, 0.2) is 11.5 Å². The number of carbonyl (C=O) groups is 3. The summed E-state index contributed by atoms with van der Waals surface area (Å²) in [5.74, 6) is 3.70. The number of hydrogen-bond acceptors (Lipinski definition) is 12. The Kier molecular flexibility index (Phi) is 26.0. The van der Waals surface area contributed by atoms with Gasteiger partial charge in [-0.1, -0.05) is 52.3 Å². The van der Waals surface area contributed by atoms with E-state index in [1.54, 1.807) is 6.20 Å². The maximum Gasteiger partial charge on any atom is 0.327 e. The van der Waals surface area contributed by atoms with E-state index in [4.69, 9.17) is 29.2 Å². The molecule has 8 rings (SSSR count). The number of aliphatic imine (C=N–C) groups is 4. The highest BCUT2D eigenvalue weighted by Gasteiger charge is 2.43. The van der Waals surface area contributed by atoms with E-state index in [1.165, 1.54) is 28.0 Å². The van der Waals surface area contributed by atoms with Gasteiger partial charge in [0.2, 0.25) is 0 Å². The molecular formula is C65H90Br2N8O6. The number of halogens is 2. The minimum atomic E-state index is -0.209. The van der Waals surface area contributed by atoms with Crippen molar-refractivity contribution in [1.82, 2.24) is 9.88 Å². The first-order chi connectivity index (χ1) is 37.7. The van der Waals surface area contributed by atoms with Crippen molar-refractivity contribution in [2.45, 2.75) is 196 Å². The molecule has 0 fully saturated rings. The third-order valence-electron chi connectivity index (χ3n) is 16.0. The van der Waals surface area contributed by atoms with E-state index in [1.807, 2.05) is 26.8 Å². The second kappa shape index (κ2) is 31.1. The van der Waals surface area contributed by atoms with Crippen molar-refractivity contribution in [3.05, 3.63) is 120 Å². The first-order valence-electron chi connectivity index (χ1n) is 29.0. The number of amidine groups is 1. The summed E-state index contributed by atoms with van der Waals surface area (Å²) in [6.45, 7) is 31.4. The second-order valence-corrected chi connectivity index (χ2v) is 23.0. The molecule has 8 heterocycles. The van der Waals surface area contributed by atoms with Gasteiger partial charge < -0.3 is 53.1 Å². The van der Waals surface area contributed by atoms with Crippen molar-refractivity contribution in [1.29, 1.82) is 0 Å². The Labute approximate surface area is 504 Å². The Morgan fingerprint density at radius 1 is 0.580 bits per heavy atom. The molecular weight excluding hydrogens is 1150 g/mol. The number of ether oxygens (including phenoxy) is 3. The van der Waals surface area contributed by atoms with Crippen LogP contribution in [0.2, 0.25) is 0 Å². The zero-order valence-corrected chi connectivity index (χ0v) is 53.8. The van der Waals surface area contributed by atoms with Crippen molar-refractivity contribution in [3.8, 4) is 0 Å². The average Bonchev–Trinajstić information content (AvgIpc) is 4.20. The van der Waals surface area contributed by atoms with Gasteiger partial charge in [0.05, 0.1) is 73.0 Å². The van der Waals surface area contributed by atoms with Crippen LogP contribution in [0.4, 0.5) is 17.5 Å². The predicted molar refractivity (Wildman–Crippen MR) is 317 cm³/mol. The van der Waals surface area contributed by atoms with Crippen molar-refractivity contribution >= 4 is 58.3 Å². The third-order valence-corrected chi connectivity index (χ3v) is 16.0. The molecule has 81 heavy (non-hydrogen) atoms. The lowest BCUT2D eigenvalue weighted by Crippen LogP contribution is -3.00. The van der Waals surface area contributed by atoms with Gasteiger partial charge in [0, 0.05) is 65.9 Å². The summed E-state index contributed by atoms with van der Waals surface area (Å²) in [6, 6.07) is 12.6. The Hall–Kier alpha value is -5.74.